The highest BCUT2D eigenvalue weighted by Crippen LogP contribution is 2.65. The third-order valence-corrected chi connectivity index (χ3v) is 6.26. The Hall–Kier alpha value is -0.830. The van der Waals surface area contributed by atoms with E-state index in [2.05, 4.69) is 43.2 Å². The van der Waals surface area contributed by atoms with Crippen molar-refractivity contribution in [2.24, 2.45) is 16.7 Å². The van der Waals surface area contributed by atoms with Gasteiger partial charge in [0.2, 0.25) is 0 Å². The molecule has 0 radical (unpaired) electrons. The lowest BCUT2D eigenvalue weighted by Crippen LogP contribution is -2.45. The number of aromatic amines is 1. The van der Waals surface area contributed by atoms with Crippen LogP contribution in [0.4, 0.5) is 0 Å². The minimum absolute atomic E-state index is 0.390. The van der Waals surface area contributed by atoms with Crippen molar-refractivity contribution in [3.05, 3.63) is 18.0 Å². The number of nitrogens with zero attached hydrogens (tertiary/aromatic N) is 1. The van der Waals surface area contributed by atoms with Crippen molar-refractivity contribution < 1.29 is 0 Å². The zero-order valence-corrected chi connectivity index (χ0v) is 12.0. The molecule has 0 amide bonds. The second-order valence-corrected chi connectivity index (χ2v) is 7.08. The van der Waals surface area contributed by atoms with Crippen molar-refractivity contribution >= 4 is 0 Å². The molecular weight excluding hydrogens is 222 g/mol. The molecule has 3 rings (SSSR count). The normalized spacial score (nSPS) is 39.1. The summed E-state index contributed by atoms with van der Waals surface area (Å²) in [5.74, 6) is 0.900. The minimum Gasteiger partial charge on any atom is -0.307 e. The molecule has 1 aromatic heterocycles. The first-order chi connectivity index (χ1) is 8.45. The summed E-state index contributed by atoms with van der Waals surface area (Å²) in [6.45, 7) is 9.66. The van der Waals surface area contributed by atoms with Crippen LogP contribution in [0.3, 0.4) is 0 Å². The maximum atomic E-state index is 4.05. The standard InChI is InChI=1S/C15H25N3/c1-10(11-8-16-17-9-11)18-13-7-12-5-6-15(13,4)14(12,2)3/h8-10,12-13,18H,5-7H2,1-4H3,(H,16,17). The van der Waals surface area contributed by atoms with Crippen LogP contribution in [0.5, 0.6) is 0 Å². The molecule has 0 saturated heterocycles. The number of rotatable bonds is 3. The summed E-state index contributed by atoms with van der Waals surface area (Å²) in [7, 11) is 0. The molecule has 1 aromatic rings. The fourth-order valence-corrected chi connectivity index (χ4v) is 4.35. The Kier molecular flexibility index (Phi) is 2.60. The van der Waals surface area contributed by atoms with Crippen LogP contribution in [0.15, 0.2) is 12.4 Å². The molecule has 4 unspecified atom stereocenters. The predicted molar refractivity (Wildman–Crippen MR) is 73.2 cm³/mol. The molecule has 3 heteroatoms. The number of hydrogen-bond donors (Lipinski definition) is 2. The van der Waals surface area contributed by atoms with Gasteiger partial charge in [0, 0.05) is 23.8 Å². The van der Waals surface area contributed by atoms with Gasteiger partial charge in [0.25, 0.3) is 0 Å². The second-order valence-electron chi connectivity index (χ2n) is 7.08. The highest BCUT2D eigenvalue weighted by atomic mass is 15.1. The Bertz CT molecular complexity index is 423. The molecule has 2 N–H and O–H groups in total. The van der Waals surface area contributed by atoms with E-state index in [4.69, 9.17) is 0 Å². The van der Waals surface area contributed by atoms with Crippen molar-refractivity contribution in [3.63, 3.8) is 0 Å². The van der Waals surface area contributed by atoms with E-state index in [1.54, 1.807) is 0 Å². The van der Waals surface area contributed by atoms with E-state index in [1.807, 2.05) is 12.4 Å². The Balaban J connectivity index is 1.76. The summed E-state index contributed by atoms with van der Waals surface area (Å²) >= 11 is 0. The molecule has 2 aliphatic carbocycles. The lowest BCUT2D eigenvalue weighted by atomic mass is 9.69. The van der Waals surface area contributed by atoms with Crippen molar-refractivity contribution in [1.29, 1.82) is 0 Å². The second kappa shape index (κ2) is 3.83. The molecule has 4 atom stereocenters. The van der Waals surface area contributed by atoms with E-state index in [0.29, 0.717) is 22.9 Å². The van der Waals surface area contributed by atoms with Gasteiger partial charge in [0.1, 0.15) is 0 Å². The molecule has 2 fully saturated rings. The molecule has 0 aromatic carbocycles. The van der Waals surface area contributed by atoms with Gasteiger partial charge in [-0.25, -0.2) is 0 Å². The minimum atomic E-state index is 0.390. The smallest absolute Gasteiger partial charge is 0.0534 e. The summed E-state index contributed by atoms with van der Waals surface area (Å²) in [5, 5.41) is 10.8. The summed E-state index contributed by atoms with van der Waals surface area (Å²) in [5.41, 5.74) is 2.20. The zero-order valence-electron chi connectivity index (χ0n) is 12.0. The Morgan fingerprint density at radius 1 is 1.44 bits per heavy atom. The molecule has 2 bridgehead atoms. The van der Waals surface area contributed by atoms with Crippen LogP contribution in [0, 0.1) is 16.7 Å². The maximum Gasteiger partial charge on any atom is 0.0534 e. The molecule has 18 heavy (non-hydrogen) atoms. The van der Waals surface area contributed by atoms with Gasteiger partial charge in [-0.2, -0.15) is 5.10 Å². The number of fused-ring (bicyclic) bond motifs is 2. The van der Waals surface area contributed by atoms with E-state index in [1.165, 1.54) is 24.8 Å². The van der Waals surface area contributed by atoms with Gasteiger partial charge in [-0.3, -0.25) is 5.10 Å². The van der Waals surface area contributed by atoms with Gasteiger partial charge in [-0.1, -0.05) is 20.8 Å². The largest absolute Gasteiger partial charge is 0.307 e. The van der Waals surface area contributed by atoms with Gasteiger partial charge < -0.3 is 5.32 Å². The Morgan fingerprint density at radius 2 is 2.22 bits per heavy atom. The molecule has 1 heterocycles. The third kappa shape index (κ3) is 1.49. The fraction of sp³-hybridized carbons (Fsp3) is 0.800. The van der Waals surface area contributed by atoms with E-state index < -0.39 is 0 Å². The van der Waals surface area contributed by atoms with E-state index in [-0.39, 0.29) is 0 Å². The summed E-state index contributed by atoms with van der Waals surface area (Å²) in [6.07, 6.45) is 8.06. The predicted octanol–water partition coefficient (Wildman–Crippen LogP) is 3.28. The lowest BCUT2D eigenvalue weighted by Gasteiger charge is -2.40. The van der Waals surface area contributed by atoms with Crippen LogP contribution in [0.25, 0.3) is 0 Å². The highest BCUT2D eigenvalue weighted by Gasteiger charge is 2.61. The average Bonchev–Trinajstić information content (AvgIpc) is 2.95. The van der Waals surface area contributed by atoms with Crippen molar-refractivity contribution in [2.45, 2.75) is 59.0 Å². The number of aromatic nitrogens is 2. The maximum absolute atomic E-state index is 4.05. The fourth-order valence-electron chi connectivity index (χ4n) is 4.35. The van der Waals surface area contributed by atoms with Crippen molar-refractivity contribution in [2.75, 3.05) is 0 Å². The molecule has 3 nitrogen and oxygen atoms in total. The van der Waals surface area contributed by atoms with Crippen LogP contribution < -0.4 is 5.32 Å². The summed E-state index contributed by atoms with van der Waals surface area (Å²) in [6, 6.07) is 1.04. The van der Waals surface area contributed by atoms with Crippen molar-refractivity contribution in [3.8, 4) is 0 Å². The Labute approximate surface area is 110 Å². The first-order valence-electron chi connectivity index (χ1n) is 7.20. The van der Waals surface area contributed by atoms with Gasteiger partial charge in [0.15, 0.2) is 0 Å². The number of nitrogens with one attached hydrogen (secondary N) is 2. The monoisotopic (exact) mass is 247 g/mol. The van der Waals surface area contributed by atoms with E-state index >= 15 is 0 Å². The van der Waals surface area contributed by atoms with E-state index in [9.17, 15) is 0 Å². The molecular formula is C15H25N3. The quantitative estimate of drug-likeness (QED) is 0.860. The first-order valence-corrected chi connectivity index (χ1v) is 7.20. The van der Waals surface area contributed by atoms with Crippen LogP contribution in [0.2, 0.25) is 0 Å². The first kappa shape index (κ1) is 12.2. The molecule has 2 saturated carbocycles. The zero-order chi connectivity index (χ0) is 13.0. The highest BCUT2D eigenvalue weighted by molar-refractivity contribution is 5.15. The summed E-state index contributed by atoms with van der Waals surface area (Å²) in [4.78, 5) is 0. The van der Waals surface area contributed by atoms with Crippen LogP contribution in [0.1, 0.15) is 58.6 Å². The van der Waals surface area contributed by atoms with Gasteiger partial charge in [-0.05, 0) is 42.9 Å². The topological polar surface area (TPSA) is 40.7 Å². The van der Waals surface area contributed by atoms with Gasteiger partial charge in [-0.15, -0.1) is 0 Å². The van der Waals surface area contributed by atoms with Crippen LogP contribution in [-0.2, 0) is 0 Å². The average molecular weight is 247 g/mol. The molecule has 2 aliphatic rings. The lowest BCUT2D eigenvalue weighted by molar-refractivity contribution is 0.116. The number of H-pyrrole nitrogens is 1. The molecule has 0 aliphatic heterocycles. The molecule has 0 spiro atoms. The Morgan fingerprint density at radius 3 is 2.72 bits per heavy atom. The third-order valence-electron chi connectivity index (χ3n) is 6.26. The SMILES string of the molecule is CC(NC1CC2CCC1(C)C2(C)C)c1cn[nH]c1. The van der Waals surface area contributed by atoms with E-state index in [0.717, 1.165) is 5.92 Å². The van der Waals surface area contributed by atoms with Crippen LogP contribution >= 0.6 is 0 Å². The summed E-state index contributed by atoms with van der Waals surface area (Å²) < 4.78 is 0. The van der Waals surface area contributed by atoms with Gasteiger partial charge in [0.05, 0.1) is 6.20 Å². The molecule has 100 valence electrons. The number of hydrogen-bond acceptors (Lipinski definition) is 2. The van der Waals surface area contributed by atoms with Crippen molar-refractivity contribution in [1.82, 2.24) is 15.5 Å². The van der Waals surface area contributed by atoms with Crippen LogP contribution in [-0.4, -0.2) is 16.2 Å². The van der Waals surface area contributed by atoms with Gasteiger partial charge >= 0.3 is 0 Å².